The van der Waals surface area contributed by atoms with Gasteiger partial charge in [0.1, 0.15) is 0 Å². The molecule has 1 heterocycles. The van der Waals surface area contributed by atoms with E-state index in [1.807, 2.05) is 0 Å². The van der Waals surface area contributed by atoms with Gasteiger partial charge in [0.25, 0.3) is 5.91 Å². The predicted octanol–water partition coefficient (Wildman–Crippen LogP) is 0.0696. The van der Waals surface area contributed by atoms with Crippen molar-refractivity contribution in [1.29, 1.82) is 0 Å². The van der Waals surface area contributed by atoms with Crippen LogP contribution in [0.25, 0.3) is 0 Å². The lowest BCUT2D eigenvalue weighted by molar-refractivity contribution is -0.181. The molecule has 0 bridgehead atoms. The van der Waals surface area contributed by atoms with E-state index in [-0.39, 0.29) is 13.0 Å². The second kappa shape index (κ2) is 4.77. The molecule has 2 N–H and O–H groups in total. The monoisotopic (exact) mass is 258 g/mol. The molecule has 8 heteroatoms. The van der Waals surface area contributed by atoms with Crippen LogP contribution in [0.1, 0.15) is 6.42 Å². The molecule has 0 aliphatic carbocycles. The van der Waals surface area contributed by atoms with Crippen LogP contribution < -0.4 is 5.32 Å². The number of amides is 1. The summed E-state index contributed by atoms with van der Waals surface area (Å²) >= 11 is 0. The first kappa shape index (κ1) is 14.2. The van der Waals surface area contributed by atoms with Gasteiger partial charge in [0, 0.05) is 13.6 Å². The number of alkyl halides is 4. The maximum Gasteiger partial charge on any atom is 0.383 e. The highest BCUT2D eigenvalue weighted by atomic mass is 19.3. The number of rotatable bonds is 4. The molecule has 0 radical (unpaired) electrons. The van der Waals surface area contributed by atoms with Crippen LogP contribution in [0.2, 0.25) is 0 Å². The van der Waals surface area contributed by atoms with Gasteiger partial charge >= 0.3 is 12.3 Å². The van der Waals surface area contributed by atoms with Crippen molar-refractivity contribution < 1.29 is 27.5 Å². The maximum atomic E-state index is 12.8. The Kier molecular flexibility index (Phi) is 3.98. The summed E-state index contributed by atoms with van der Waals surface area (Å²) in [6.45, 7) is 0.232. The molecular formula is C9H14F4N2O2. The number of hydrogen-bond acceptors (Lipinski definition) is 3. The lowest BCUT2D eigenvalue weighted by Gasteiger charge is -2.30. The molecule has 1 atom stereocenters. The van der Waals surface area contributed by atoms with Crippen LogP contribution in [0.4, 0.5) is 17.6 Å². The predicted molar refractivity (Wildman–Crippen MR) is 51.0 cm³/mol. The second-order valence-corrected chi connectivity index (χ2v) is 4.24. The first-order valence-electron chi connectivity index (χ1n) is 5.04. The van der Waals surface area contributed by atoms with Gasteiger partial charge in [-0.25, -0.2) is 8.78 Å². The Balaban J connectivity index is 2.64. The van der Waals surface area contributed by atoms with Crippen molar-refractivity contribution in [3.8, 4) is 0 Å². The maximum absolute atomic E-state index is 12.8. The van der Waals surface area contributed by atoms with Gasteiger partial charge in [-0.05, 0) is 13.0 Å². The van der Waals surface area contributed by atoms with Crippen molar-refractivity contribution in [2.24, 2.45) is 0 Å². The van der Waals surface area contributed by atoms with Crippen LogP contribution in [0, 0.1) is 0 Å². The van der Waals surface area contributed by atoms with Crippen LogP contribution >= 0.6 is 0 Å². The Labute approximate surface area is 95.6 Å². The molecule has 1 saturated heterocycles. The second-order valence-electron chi connectivity index (χ2n) is 4.24. The van der Waals surface area contributed by atoms with E-state index in [1.54, 1.807) is 0 Å². The van der Waals surface area contributed by atoms with E-state index in [4.69, 9.17) is 0 Å². The van der Waals surface area contributed by atoms with E-state index in [2.05, 4.69) is 5.32 Å². The Morgan fingerprint density at radius 2 is 2.18 bits per heavy atom. The molecule has 0 saturated carbocycles. The summed E-state index contributed by atoms with van der Waals surface area (Å²) in [7, 11) is 0.967. The Bertz CT molecular complexity index is 293. The standard InChI is InChI=1S/C9H14F4N2O2/c1-15(5-8(17)2-3-14-4-8)7(16)9(12,13)6(10)11/h6,14,17H,2-5H2,1H3. The molecule has 1 unspecified atom stereocenters. The fourth-order valence-corrected chi connectivity index (χ4v) is 1.73. The van der Waals surface area contributed by atoms with E-state index in [1.165, 1.54) is 0 Å². The summed E-state index contributed by atoms with van der Waals surface area (Å²) in [5.74, 6) is -6.69. The number of aliphatic hydroxyl groups is 1. The number of carbonyl (C=O) groups is 1. The minimum absolute atomic E-state index is 0.144. The van der Waals surface area contributed by atoms with Crippen molar-refractivity contribution in [3.63, 3.8) is 0 Å². The van der Waals surface area contributed by atoms with E-state index < -0.39 is 30.4 Å². The highest BCUT2D eigenvalue weighted by molar-refractivity contribution is 5.83. The van der Waals surface area contributed by atoms with Gasteiger partial charge in [-0.3, -0.25) is 4.79 Å². The minimum Gasteiger partial charge on any atom is -0.387 e. The molecule has 1 aliphatic heterocycles. The Morgan fingerprint density at radius 3 is 2.59 bits per heavy atom. The fourth-order valence-electron chi connectivity index (χ4n) is 1.73. The molecule has 0 aromatic heterocycles. The topological polar surface area (TPSA) is 52.6 Å². The highest BCUT2D eigenvalue weighted by Crippen LogP contribution is 2.26. The van der Waals surface area contributed by atoms with Crippen LogP contribution in [0.15, 0.2) is 0 Å². The summed E-state index contributed by atoms with van der Waals surface area (Å²) in [6.07, 6.45) is -3.76. The average molecular weight is 258 g/mol. The van der Waals surface area contributed by atoms with Crippen molar-refractivity contribution in [3.05, 3.63) is 0 Å². The first-order valence-corrected chi connectivity index (χ1v) is 5.04. The zero-order chi connectivity index (χ0) is 13.3. The van der Waals surface area contributed by atoms with Gasteiger partial charge in [0.2, 0.25) is 0 Å². The van der Waals surface area contributed by atoms with E-state index in [9.17, 15) is 27.5 Å². The third-order valence-corrected chi connectivity index (χ3v) is 2.66. The van der Waals surface area contributed by atoms with E-state index in [0.717, 1.165) is 7.05 Å². The SMILES string of the molecule is CN(CC1(O)CCNC1)C(=O)C(F)(F)C(F)F. The summed E-state index contributed by atoms with van der Waals surface area (Å²) in [4.78, 5) is 11.5. The number of carbonyl (C=O) groups excluding carboxylic acids is 1. The molecule has 0 aromatic rings. The van der Waals surface area contributed by atoms with Crippen molar-refractivity contribution in [2.45, 2.75) is 24.4 Å². The van der Waals surface area contributed by atoms with Crippen LogP contribution in [0.3, 0.4) is 0 Å². The van der Waals surface area contributed by atoms with Crippen molar-refractivity contribution in [1.82, 2.24) is 10.2 Å². The van der Waals surface area contributed by atoms with Gasteiger partial charge < -0.3 is 15.3 Å². The molecule has 1 rings (SSSR count). The first-order chi connectivity index (χ1) is 7.69. The van der Waals surface area contributed by atoms with Crippen molar-refractivity contribution in [2.75, 3.05) is 26.7 Å². The fraction of sp³-hybridized carbons (Fsp3) is 0.889. The number of nitrogens with zero attached hydrogens (tertiary/aromatic N) is 1. The number of hydrogen-bond donors (Lipinski definition) is 2. The van der Waals surface area contributed by atoms with Gasteiger partial charge in [0.05, 0.1) is 12.1 Å². The molecule has 1 amide bonds. The van der Waals surface area contributed by atoms with Gasteiger partial charge in [0.15, 0.2) is 0 Å². The Hall–Kier alpha value is -0.890. The zero-order valence-corrected chi connectivity index (χ0v) is 9.22. The lowest BCUT2D eigenvalue weighted by Crippen LogP contribution is -2.52. The number of halogens is 4. The van der Waals surface area contributed by atoms with E-state index in [0.29, 0.717) is 11.4 Å². The van der Waals surface area contributed by atoms with Crippen molar-refractivity contribution >= 4 is 5.91 Å². The lowest BCUT2D eigenvalue weighted by atomic mass is 10.0. The molecule has 1 fully saturated rings. The number of nitrogens with one attached hydrogen (secondary N) is 1. The molecule has 0 aromatic carbocycles. The average Bonchev–Trinajstić information content (AvgIpc) is 2.63. The number of β-amino-alcohol motifs (C(OH)–C–C–N with tert-alkyl or cyclic N) is 1. The van der Waals surface area contributed by atoms with Crippen LogP contribution in [-0.2, 0) is 4.79 Å². The van der Waals surface area contributed by atoms with Gasteiger partial charge in [-0.15, -0.1) is 0 Å². The van der Waals surface area contributed by atoms with E-state index >= 15 is 0 Å². The molecule has 100 valence electrons. The molecule has 1 aliphatic rings. The normalized spacial score (nSPS) is 25.4. The summed E-state index contributed by atoms with van der Waals surface area (Å²) < 4.78 is 49.4. The molecular weight excluding hydrogens is 244 g/mol. The quantitative estimate of drug-likeness (QED) is 0.702. The zero-order valence-electron chi connectivity index (χ0n) is 9.22. The number of likely N-dealkylation sites (N-methyl/N-ethyl adjacent to an activating group) is 1. The molecule has 17 heavy (non-hydrogen) atoms. The molecule has 0 spiro atoms. The Morgan fingerprint density at radius 1 is 1.59 bits per heavy atom. The third kappa shape index (κ3) is 3.06. The van der Waals surface area contributed by atoms with Gasteiger partial charge in [-0.1, -0.05) is 0 Å². The summed E-state index contributed by atoms with van der Waals surface area (Å²) in [5, 5.41) is 12.6. The highest BCUT2D eigenvalue weighted by Gasteiger charge is 2.51. The smallest absolute Gasteiger partial charge is 0.383 e. The third-order valence-electron chi connectivity index (χ3n) is 2.66. The largest absolute Gasteiger partial charge is 0.387 e. The van der Waals surface area contributed by atoms with Gasteiger partial charge in [-0.2, -0.15) is 8.78 Å². The van der Waals surface area contributed by atoms with Crippen LogP contribution in [-0.4, -0.2) is 60.5 Å². The summed E-state index contributed by atoms with van der Waals surface area (Å²) in [5.41, 5.74) is -1.33. The molecule has 4 nitrogen and oxygen atoms in total. The van der Waals surface area contributed by atoms with Crippen LogP contribution in [0.5, 0.6) is 0 Å². The summed E-state index contributed by atoms with van der Waals surface area (Å²) in [6, 6.07) is 0. The minimum atomic E-state index is -4.71.